The first kappa shape index (κ1) is 12.8. The Morgan fingerprint density at radius 3 is 2.54 bits per heavy atom. The van der Waals surface area contributed by atoms with Gasteiger partial charge >= 0.3 is 0 Å². The van der Waals surface area contributed by atoms with E-state index in [1.807, 2.05) is 20.8 Å². The van der Waals surface area contributed by atoms with E-state index in [0.29, 0.717) is 0 Å². The average molecular weight is 206 g/mol. The molecule has 0 aliphatic carbocycles. The molecule has 78 valence electrons. The van der Waals surface area contributed by atoms with Crippen molar-refractivity contribution in [1.82, 2.24) is 5.32 Å². The molecule has 2 nitrogen and oxygen atoms in total. The first-order chi connectivity index (χ1) is 6.07. The van der Waals surface area contributed by atoms with Crippen molar-refractivity contribution in [3.8, 4) is 0 Å². The number of amides is 1. The summed E-state index contributed by atoms with van der Waals surface area (Å²) in [6.07, 6.45) is 2.83. The monoisotopic (exact) mass is 205 g/mol. The van der Waals surface area contributed by atoms with Crippen molar-refractivity contribution in [3.63, 3.8) is 0 Å². The molecule has 0 aliphatic rings. The minimum atomic E-state index is 0.133. The van der Waals surface area contributed by atoms with Crippen molar-refractivity contribution in [3.05, 3.63) is 0 Å². The summed E-state index contributed by atoms with van der Waals surface area (Å²) in [7, 11) is 0. The molecule has 0 saturated carbocycles. The molecular formula is C10H20ClNO. The molecule has 2 atom stereocenters. The Balaban J connectivity index is 3.37. The van der Waals surface area contributed by atoms with Gasteiger partial charge in [-0.2, -0.15) is 0 Å². The van der Waals surface area contributed by atoms with Crippen LogP contribution in [0.2, 0.25) is 0 Å². The number of nitrogens with one attached hydrogen (secondary N) is 1. The summed E-state index contributed by atoms with van der Waals surface area (Å²) < 4.78 is 0. The van der Waals surface area contributed by atoms with Gasteiger partial charge in [-0.25, -0.2) is 0 Å². The Morgan fingerprint density at radius 1 is 1.46 bits per heavy atom. The second-order valence-electron chi connectivity index (χ2n) is 3.52. The predicted molar refractivity (Wildman–Crippen MR) is 57.0 cm³/mol. The molecule has 0 aromatic carbocycles. The van der Waals surface area contributed by atoms with Gasteiger partial charge < -0.3 is 5.32 Å². The van der Waals surface area contributed by atoms with Gasteiger partial charge in [-0.3, -0.25) is 4.79 Å². The van der Waals surface area contributed by atoms with E-state index in [2.05, 4.69) is 5.32 Å². The summed E-state index contributed by atoms with van der Waals surface area (Å²) in [5.74, 6) is 0.290. The Labute approximate surface area is 86.0 Å². The van der Waals surface area contributed by atoms with Crippen molar-refractivity contribution < 1.29 is 4.79 Å². The van der Waals surface area contributed by atoms with Crippen LogP contribution < -0.4 is 5.32 Å². The Hall–Kier alpha value is -0.240. The van der Waals surface area contributed by atoms with Gasteiger partial charge in [-0.05, 0) is 26.2 Å². The maximum absolute atomic E-state index is 11.3. The minimum Gasteiger partial charge on any atom is -0.356 e. The summed E-state index contributed by atoms with van der Waals surface area (Å²) >= 11 is 5.77. The number of rotatable bonds is 6. The van der Waals surface area contributed by atoms with E-state index in [0.717, 1.165) is 25.8 Å². The first-order valence-electron chi connectivity index (χ1n) is 4.99. The minimum absolute atomic E-state index is 0.133. The molecule has 0 bridgehead atoms. The standard InChI is InChI=1S/C10H20ClNO/c1-4-8(2)10(13)12-7-5-6-9(3)11/h8-9H,4-7H2,1-3H3,(H,12,13). The quantitative estimate of drug-likeness (QED) is 0.524. The molecule has 0 fully saturated rings. The van der Waals surface area contributed by atoms with E-state index in [1.165, 1.54) is 0 Å². The Morgan fingerprint density at radius 2 is 2.08 bits per heavy atom. The van der Waals surface area contributed by atoms with Crippen molar-refractivity contribution in [2.45, 2.75) is 45.4 Å². The zero-order valence-corrected chi connectivity index (χ0v) is 9.53. The third kappa shape index (κ3) is 6.88. The molecular weight excluding hydrogens is 186 g/mol. The van der Waals surface area contributed by atoms with Crippen LogP contribution in [0, 0.1) is 5.92 Å². The van der Waals surface area contributed by atoms with Crippen molar-refractivity contribution >= 4 is 17.5 Å². The van der Waals surface area contributed by atoms with E-state index >= 15 is 0 Å². The largest absolute Gasteiger partial charge is 0.356 e. The van der Waals surface area contributed by atoms with E-state index in [9.17, 15) is 4.79 Å². The van der Waals surface area contributed by atoms with Gasteiger partial charge in [0, 0.05) is 17.8 Å². The molecule has 0 rings (SSSR count). The van der Waals surface area contributed by atoms with Gasteiger partial charge in [0.25, 0.3) is 0 Å². The van der Waals surface area contributed by atoms with Gasteiger partial charge in [0.2, 0.25) is 5.91 Å². The lowest BCUT2D eigenvalue weighted by atomic mass is 10.1. The number of hydrogen-bond donors (Lipinski definition) is 1. The summed E-state index contributed by atoms with van der Waals surface area (Å²) in [5, 5.41) is 3.10. The van der Waals surface area contributed by atoms with Crippen LogP contribution >= 0.6 is 11.6 Å². The normalized spacial score (nSPS) is 15.1. The zero-order chi connectivity index (χ0) is 10.3. The fourth-order valence-corrected chi connectivity index (χ4v) is 1.11. The molecule has 1 amide bonds. The molecule has 0 heterocycles. The molecule has 3 heteroatoms. The average Bonchev–Trinajstić information content (AvgIpc) is 2.10. The SMILES string of the molecule is CCC(C)C(=O)NCCCC(C)Cl. The molecule has 0 aliphatic heterocycles. The summed E-state index contributed by atoms with van der Waals surface area (Å²) in [6.45, 7) is 6.68. The number of alkyl halides is 1. The highest BCUT2D eigenvalue weighted by atomic mass is 35.5. The Kier molecular flexibility index (Phi) is 7.06. The van der Waals surface area contributed by atoms with Crippen LogP contribution in [-0.4, -0.2) is 17.8 Å². The number of halogens is 1. The van der Waals surface area contributed by atoms with Crippen molar-refractivity contribution in [2.75, 3.05) is 6.54 Å². The van der Waals surface area contributed by atoms with Crippen LogP contribution in [0.4, 0.5) is 0 Å². The van der Waals surface area contributed by atoms with Crippen molar-refractivity contribution in [2.24, 2.45) is 5.92 Å². The molecule has 1 N–H and O–H groups in total. The fraction of sp³-hybridized carbons (Fsp3) is 0.900. The van der Waals surface area contributed by atoms with Crippen LogP contribution in [0.25, 0.3) is 0 Å². The number of carbonyl (C=O) groups is 1. The van der Waals surface area contributed by atoms with Gasteiger partial charge in [0.1, 0.15) is 0 Å². The Bertz CT molecular complexity index is 148. The van der Waals surface area contributed by atoms with E-state index in [1.54, 1.807) is 0 Å². The second-order valence-corrected chi connectivity index (χ2v) is 4.27. The van der Waals surface area contributed by atoms with Crippen molar-refractivity contribution in [1.29, 1.82) is 0 Å². The highest BCUT2D eigenvalue weighted by molar-refractivity contribution is 6.20. The maximum atomic E-state index is 11.3. The van der Waals surface area contributed by atoms with Crippen LogP contribution in [0.3, 0.4) is 0 Å². The lowest BCUT2D eigenvalue weighted by molar-refractivity contribution is -0.124. The molecule has 2 unspecified atom stereocenters. The van der Waals surface area contributed by atoms with Gasteiger partial charge in [-0.15, -0.1) is 11.6 Å². The highest BCUT2D eigenvalue weighted by Crippen LogP contribution is 2.03. The van der Waals surface area contributed by atoms with Crippen LogP contribution in [-0.2, 0) is 4.79 Å². The number of hydrogen-bond acceptors (Lipinski definition) is 1. The fourth-order valence-electron chi connectivity index (χ4n) is 0.955. The van der Waals surface area contributed by atoms with Crippen LogP contribution in [0.15, 0.2) is 0 Å². The van der Waals surface area contributed by atoms with E-state index in [4.69, 9.17) is 11.6 Å². The van der Waals surface area contributed by atoms with E-state index in [-0.39, 0.29) is 17.2 Å². The molecule has 0 spiro atoms. The smallest absolute Gasteiger partial charge is 0.222 e. The van der Waals surface area contributed by atoms with Gasteiger partial charge in [0.05, 0.1) is 0 Å². The molecule has 0 aromatic heterocycles. The molecule has 0 aromatic rings. The number of carbonyl (C=O) groups excluding carboxylic acids is 1. The molecule has 0 saturated heterocycles. The summed E-state index contributed by atoms with van der Waals surface area (Å²) in [6, 6.07) is 0. The molecule has 13 heavy (non-hydrogen) atoms. The highest BCUT2D eigenvalue weighted by Gasteiger charge is 2.08. The maximum Gasteiger partial charge on any atom is 0.222 e. The van der Waals surface area contributed by atoms with Gasteiger partial charge in [-0.1, -0.05) is 13.8 Å². The lowest BCUT2D eigenvalue weighted by Crippen LogP contribution is -2.29. The second kappa shape index (κ2) is 7.19. The van der Waals surface area contributed by atoms with Crippen LogP contribution in [0.5, 0.6) is 0 Å². The lowest BCUT2D eigenvalue weighted by Gasteiger charge is -2.09. The summed E-state index contributed by atoms with van der Waals surface area (Å²) in [5.41, 5.74) is 0. The summed E-state index contributed by atoms with van der Waals surface area (Å²) in [4.78, 5) is 11.3. The third-order valence-electron chi connectivity index (χ3n) is 2.14. The predicted octanol–water partition coefficient (Wildman–Crippen LogP) is 2.56. The van der Waals surface area contributed by atoms with Crippen LogP contribution in [0.1, 0.15) is 40.0 Å². The zero-order valence-electron chi connectivity index (χ0n) is 8.77. The topological polar surface area (TPSA) is 29.1 Å². The first-order valence-corrected chi connectivity index (χ1v) is 5.43. The van der Waals surface area contributed by atoms with Gasteiger partial charge in [0.15, 0.2) is 0 Å². The third-order valence-corrected chi connectivity index (χ3v) is 2.36. The van der Waals surface area contributed by atoms with E-state index < -0.39 is 0 Å². The molecule has 0 radical (unpaired) electrons.